The van der Waals surface area contributed by atoms with Gasteiger partial charge in [-0.1, -0.05) is 10.8 Å². The van der Waals surface area contributed by atoms with Crippen LogP contribution in [0.3, 0.4) is 0 Å². The highest BCUT2D eigenvalue weighted by molar-refractivity contribution is 8.69. The zero-order valence-electron chi connectivity index (χ0n) is 6.34. The van der Waals surface area contributed by atoms with E-state index >= 15 is 0 Å². The zero-order chi connectivity index (χ0) is 7.49. The maximum absolute atomic E-state index is 5.54. The molecule has 56 valence electrons. The summed E-state index contributed by atoms with van der Waals surface area (Å²) in [7, 11) is 2.50. The quantitative estimate of drug-likeness (QED) is 0.302. The van der Waals surface area contributed by atoms with Gasteiger partial charge in [-0.25, -0.2) is 0 Å². The van der Waals surface area contributed by atoms with Crippen molar-refractivity contribution < 1.29 is 4.74 Å². The number of hydrogen-bond acceptors (Lipinski definition) is 3. The normalized spacial score (nSPS) is 18.3. The number of ether oxygens (including phenoxy) is 1. The van der Waals surface area contributed by atoms with E-state index in [4.69, 9.17) is 4.74 Å². The van der Waals surface area contributed by atoms with Crippen LogP contribution in [0.5, 0.6) is 0 Å². The van der Waals surface area contributed by atoms with Crippen LogP contribution in [0.2, 0.25) is 0 Å². The molecule has 4 heteroatoms. The molecular formula is C5H14OS2Si. The Morgan fingerprint density at radius 1 is 1.67 bits per heavy atom. The molecule has 0 N–H and O–H groups in total. The molecule has 0 bridgehead atoms. The molecule has 1 unspecified atom stereocenters. The minimum atomic E-state index is -0.0166. The van der Waals surface area contributed by atoms with Crippen molar-refractivity contribution >= 4 is 32.7 Å². The molecule has 1 nitrogen and oxygen atoms in total. The zero-order valence-corrected chi connectivity index (χ0v) is 10.1. The van der Waals surface area contributed by atoms with Crippen molar-refractivity contribution in [3.63, 3.8) is 0 Å². The second-order valence-electron chi connectivity index (χ2n) is 2.66. The van der Waals surface area contributed by atoms with Gasteiger partial charge in [0, 0.05) is 0 Å². The third-order valence-corrected chi connectivity index (χ3v) is 4.47. The molecule has 0 saturated carbocycles. The summed E-state index contributed by atoms with van der Waals surface area (Å²) in [6, 6.07) is 0. The minimum Gasteiger partial charge on any atom is -0.366 e. The van der Waals surface area contributed by atoms with E-state index in [-0.39, 0.29) is 4.56 Å². The van der Waals surface area contributed by atoms with Gasteiger partial charge in [0.1, 0.15) is 0 Å². The van der Waals surface area contributed by atoms with Crippen LogP contribution in [-0.4, -0.2) is 20.9 Å². The van der Waals surface area contributed by atoms with Crippen molar-refractivity contribution in [2.75, 3.05) is 0 Å². The van der Waals surface area contributed by atoms with Crippen molar-refractivity contribution in [2.24, 2.45) is 0 Å². The van der Waals surface area contributed by atoms with Gasteiger partial charge in [-0.05, 0) is 20.8 Å². The van der Waals surface area contributed by atoms with Crippen molar-refractivity contribution in [2.45, 2.75) is 31.4 Å². The maximum atomic E-state index is 5.54. The van der Waals surface area contributed by atoms with Gasteiger partial charge in [-0.3, -0.25) is 0 Å². The third-order valence-electron chi connectivity index (χ3n) is 0.739. The lowest BCUT2D eigenvalue weighted by Gasteiger charge is -2.24. The molecule has 0 fully saturated rings. The largest absolute Gasteiger partial charge is 0.366 e. The number of hydrogen-bond donors (Lipinski definition) is 1. The first-order valence-corrected chi connectivity index (χ1v) is 5.85. The summed E-state index contributed by atoms with van der Waals surface area (Å²) in [5, 5.41) is 0. The van der Waals surface area contributed by atoms with E-state index in [0.29, 0.717) is 6.10 Å². The molecule has 0 aliphatic heterocycles. The lowest BCUT2D eigenvalue weighted by molar-refractivity contribution is 0.0449. The van der Waals surface area contributed by atoms with Crippen LogP contribution in [0.25, 0.3) is 0 Å². The standard InChI is InChI=1S/C5H14OS2Si/c1-4(2)6-5(3,9)8-7/h4,7H,1-3,9H3. The highest BCUT2D eigenvalue weighted by Gasteiger charge is 2.17. The predicted octanol–water partition coefficient (Wildman–Crippen LogP) is 1.03. The lowest BCUT2D eigenvalue weighted by atomic mass is 10.5. The van der Waals surface area contributed by atoms with Gasteiger partial charge < -0.3 is 4.74 Å². The third kappa shape index (κ3) is 5.33. The van der Waals surface area contributed by atoms with Gasteiger partial charge in [-0.15, -0.1) is 11.7 Å². The van der Waals surface area contributed by atoms with E-state index in [1.807, 2.05) is 13.8 Å². The first-order valence-electron chi connectivity index (χ1n) is 2.98. The van der Waals surface area contributed by atoms with Gasteiger partial charge >= 0.3 is 0 Å². The predicted molar refractivity (Wildman–Crippen MR) is 51.1 cm³/mol. The fraction of sp³-hybridized carbons (Fsp3) is 1.00. The molecule has 0 aliphatic rings. The Balaban J connectivity index is 3.58. The average molecular weight is 182 g/mol. The molecule has 9 heavy (non-hydrogen) atoms. The van der Waals surface area contributed by atoms with E-state index in [1.165, 1.54) is 10.8 Å². The van der Waals surface area contributed by atoms with Gasteiger partial charge in [0.2, 0.25) is 0 Å². The summed E-state index contributed by atoms with van der Waals surface area (Å²) < 4.78 is 5.52. The molecular weight excluding hydrogens is 168 g/mol. The van der Waals surface area contributed by atoms with Crippen LogP contribution < -0.4 is 0 Å². The minimum absolute atomic E-state index is 0.0166. The van der Waals surface area contributed by atoms with Crippen LogP contribution >= 0.6 is 22.5 Å². The monoisotopic (exact) mass is 182 g/mol. The Bertz CT molecular complexity index is 85.0. The Kier molecular flexibility index (Phi) is 4.28. The van der Waals surface area contributed by atoms with Crippen LogP contribution in [0.1, 0.15) is 20.8 Å². The Hall–Kier alpha value is 0.877. The molecule has 0 aromatic rings. The molecule has 0 saturated heterocycles. The van der Waals surface area contributed by atoms with E-state index < -0.39 is 0 Å². The Morgan fingerprint density at radius 2 is 2.11 bits per heavy atom. The summed E-state index contributed by atoms with van der Waals surface area (Å²) in [5.74, 6) is 0. The smallest absolute Gasteiger partial charge is 0.0982 e. The molecule has 0 rings (SSSR count). The Labute approximate surface area is 69.2 Å². The van der Waals surface area contributed by atoms with Crippen LogP contribution in [0.15, 0.2) is 0 Å². The molecule has 0 amide bonds. The van der Waals surface area contributed by atoms with Crippen LogP contribution in [0, 0.1) is 0 Å². The molecule has 0 aliphatic carbocycles. The SMILES string of the molecule is CC(C)OC(C)([SiH3])SS. The van der Waals surface area contributed by atoms with E-state index in [1.54, 1.807) is 0 Å². The highest BCUT2D eigenvalue weighted by atomic mass is 33.1. The van der Waals surface area contributed by atoms with Crippen LogP contribution in [-0.2, 0) is 4.74 Å². The fourth-order valence-electron chi connectivity index (χ4n) is 0.589. The topological polar surface area (TPSA) is 9.23 Å². The Morgan fingerprint density at radius 3 is 2.22 bits per heavy atom. The van der Waals surface area contributed by atoms with Gasteiger partial charge in [0.05, 0.1) is 20.9 Å². The molecule has 0 aromatic carbocycles. The van der Waals surface area contributed by atoms with Crippen molar-refractivity contribution in [1.82, 2.24) is 0 Å². The highest BCUT2D eigenvalue weighted by Crippen LogP contribution is 2.26. The molecule has 0 heterocycles. The second-order valence-corrected chi connectivity index (χ2v) is 7.00. The van der Waals surface area contributed by atoms with Gasteiger partial charge in [0.15, 0.2) is 0 Å². The lowest BCUT2D eigenvalue weighted by Crippen LogP contribution is -2.26. The van der Waals surface area contributed by atoms with Crippen molar-refractivity contribution in [1.29, 1.82) is 0 Å². The van der Waals surface area contributed by atoms with Crippen molar-refractivity contribution in [3.05, 3.63) is 0 Å². The van der Waals surface area contributed by atoms with Crippen molar-refractivity contribution in [3.8, 4) is 0 Å². The maximum Gasteiger partial charge on any atom is 0.0982 e. The number of rotatable bonds is 3. The molecule has 0 radical (unpaired) electrons. The van der Waals surface area contributed by atoms with E-state index in [9.17, 15) is 0 Å². The first-order chi connectivity index (χ1) is 3.98. The summed E-state index contributed by atoms with van der Waals surface area (Å²) in [6.07, 6.45) is 0.312. The van der Waals surface area contributed by atoms with E-state index in [0.717, 1.165) is 10.2 Å². The summed E-state index contributed by atoms with van der Waals surface area (Å²) >= 11 is 4.10. The summed E-state index contributed by atoms with van der Waals surface area (Å²) in [5.41, 5.74) is 0. The number of thiol groups is 1. The fourth-order valence-corrected chi connectivity index (χ4v) is 1.43. The molecule has 0 spiro atoms. The van der Waals surface area contributed by atoms with Crippen LogP contribution in [0.4, 0.5) is 0 Å². The van der Waals surface area contributed by atoms with E-state index in [2.05, 4.69) is 18.6 Å². The first kappa shape index (κ1) is 9.88. The average Bonchev–Trinajstić information content (AvgIpc) is 1.63. The summed E-state index contributed by atoms with van der Waals surface area (Å²) in [4.78, 5) is 0. The summed E-state index contributed by atoms with van der Waals surface area (Å²) in [6.45, 7) is 6.15. The molecule has 0 aromatic heterocycles. The molecule has 1 atom stereocenters. The van der Waals surface area contributed by atoms with Gasteiger partial charge in [0.25, 0.3) is 0 Å². The van der Waals surface area contributed by atoms with Gasteiger partial charge in [-0.2, -0.15) is 0 Å². The second kappa shape index (κ2) is 3.90.